The van der Waals surface area contributed by atoms with Crippen LogP contribution in [0.1, 0.15) is 18.9 Å². The first-order valence-electron chi connectivity index (χ1n) is 7.23. The Kier molecular flexibility index (Phi) is 6.50. The first-order valence-corrected chi connectivity index (χ1v) is 7.23. The fourth-order valence-electron chi connectivity index (χ4n) is 2.53. The number of amides is 1. The van der Waals surface area contributed by atoms with Gasteiger partial charge in [0.2, 0.25) is 0 Å². The molecule has 1 aliphatic rings. The number of benzene rings is 1. The second kappa shape index (κ2) is 7.70. The van der Waals surface area contributed by atoms with Gasteiger partial charge in [-0.3, -0.25) is 4.79 Å². The summed E-state index contributed by atoms with van der Waals surface area (Å²) in [6.07, 6.45) is 0.948. The molecule has 22 heavy (non-hydrogen) atoms. The van der Waals surface area contributed by atoms with E-state index in [0.717, 1.165) is 18.5 Å². The SMILES string of the molecule is COc1cc(C)ccc1OCC(=O)N1CCC(C)(CN)C1.Cl. The standard InChI is InChI=1S/C16H24N2O3.ClH/c1-12-4-5-13(14(8-12)20-3)21-9-15(19)18-7-6-16(2,10-17)11-18;/h4-5,8H,6-7,9-11,17H2,1-3H3;1H. The van der Waals surface area contributed by atoms with Gasteiger partial charge in [-0.2, -0.15) is 0 Å². The van der Waals surface area contributed by atoms with Crippen LogP contribution in [0.2, 0.25) is 0 Å². The van der Waals surface area contributed by atoms with Crippen LogP contribution in [0, 0.1) is 12.3 Å². The third-order valence-electron chi connectivity index (χ3n) is 4.07. The van der Waals surface area contributed by atoms with Crippen LogP contribution in [0.4, 0.5) is 0 Å². The van der Waals surface area contributed by atoms with Gasteiger partial charge in [0.15, 0.2) is 18.1 Å². The van der Waals surface area contributed by atoms with E-state index in [0.29, 0.717) is 24.6 Å². The van der Waals surface area contributed by atoms with E-state index in [1.807, 2.05) is 30.0 Å². The summed E-state index contributed by atoms with van der Waals surface area (Å²) in [6.45, 7) is 6.18. The van der Waals surface area contributed by atoms with Crippen molar-refractivity contribution in [1.29, 1.82) is 0 Å². The Morgan fingerprint density at radius 3 is 2.73 bits per heavy atom. The molecule has 5 nitrogen and oxygen atoms in total. The molecule has 0 aliphatic carbocycles. The maximum Gasteiger partial charge on any atom is 0.260 e. The van der Waals surface area contributed by atoms with Crippen molar-refractivity contribution in [2.75, 3.05) is 33.4 Å². The third-order valence-corrected chi connectivity index (χ3v) is 4.07. The summed E-state index contributed by atoms with van der Waals surface area (Å²) < 4.78 is 10.9. The third kappa shape index (κ3) is 4.27. The van der Waals surface area contributed by atoms with Gasteiger partial charge in [0.25, 0.3) is 5.91 Å². The van der Waals surface area contributed by atoms with E-state index in [-0.39, 0.29) is 30.3 Å². The largest absolute Gasteiger partial charge is 0.493 e. The number of hydrogen-bond acceptors (Lipinski definition) is 4. The predicted octanol–water partition coefficient (Wildman–Crippen LogP) is 2.00. The first kappa shape index (κ1) is 18.6. The van der Waals surface area contributed by atoms with Gasteiger partial charge in [-0.05, 0) is 43.0 Å². The topological polar surface area (TPSA) is 64.8 Å². The summed E-state index contributed by atoms with van der Waals surface area (Å²) in [5, 5.41) is 0. The molecule has 0 bridgehead atoms. The van der Waals surface area contributed by atoms with E-state index >= 15 is 0 Å². The lowest BCUT2D eigenvalue weighted by Crippen LogP contribution is -2.36. The Morgan fingerprint density at radius 1 is 1.41 bits per heavy atom. The summed E-state index contributed by atoms with van der Waals surface area (Å²) in [4.78, 5) is 14.0. The summed E-state index contributed by atoms with van der Waals surface area (Å²) in [5.74, 6) is 1.24. The fraction of sp³-hybridized carbons (Fsp3) is 0.562. The normalized spacial score (nSPS) is 20.5. The summed E-state index contributed by atoms with van der Waals surface area (Å²) in [7, 11) is 1.59. The zero-order valence-electron chi connectivity index (χ0n) is 13.4. The van der Waals surface area contributed by atoms with E-state index in [9.17, 15) is 4.79 Å². The molecule has 1 aromatic carbocycles. The molecule has 0 aromatic heterocycles. The van der Waals surface area contributed by atoms with Crippen LogP contribution in [-0.4, -0.2) is 44.2 Å². The van der Waals surface area contributed by atoms with Crippen molar-refractivity contribution in [2.45, 2.75) is 20.3 Å². The molecule has 124 valence electrons. The molecule has 1 heterocycles. The second-order valence-electron chi connectivity index (χ2n) is 6.02. The van der Waals surface area contributed by atoms with Gasteiger partial charge in [-0.15, -0.1) is 12.4 Å². The quantitative estimate of drug-likeness (QED) is 0.898. The number of carbonyl (C=O) groups is 1. The molecule has 6 heteroatoms. The molecule has 1 saturated heterocycles. The number of hydrogen-bond donors (Lipinski definition) is 1. The van der Waals surface area contributed by atoms with Crippen LogP contribution in [0.5, 0.6) is 11.5 Å². The molecule has 0 radical (unpaired) electrons. The lowest BCUT2D eigenvalue weighted by molar-refractivity contribution is -0.132. The van der Waals surface area contributed by atoms with E-state index in [2.05, 4.69) is 6.92 Å². The maximum atomic E-state index is 12.2. The van der Waals surface area contributed by atoms with Crippen LogP contribution >= 0.6 is 12.4 Å². The Bertz CT molecular complexity index is 524. The average Bonchev–Trinajstić information content (AvgIpc) is 2.89. The zero-order chi connectivity index (χ0) is 15.5. The van der Waals surface area contributed by atoms with Crippen molar-refractivity contribution < 1.29 is 14.3 Å². The molecule has 1 aromatic rings. The highest BCUT2D eigenvalue weighted by molar-refractivity contribution is 5.85. The minimum atomic E-state index is -0.00481. The summed E-state index contributed by atoms with van der Waals surface area (Å²) in [6, 6.07) is 5.65. The molecule has 1 fully saturated rings. The van der Waals surface area contributed by atoms with E-state index < -0.39 is 0 Å². The number of ether oxygens (including phenoxy) is 2. The number of nitrogens with two attached hydrogens (primary N) is 1. The lowest BCUT2D eigenvalue weighted by atomic mass is 9.90. The van der Waals surface area contributed by atoms with Gasteiger partial charge >= 0.3 is 0 Å². The molecule has 1 atom stereocenters. The maximum absolute atomic E-state index is 12.2. The van der Waals surface area contributed by atoms with Gasteiger partial charge in [0, 0.05) is 13.1 Å². The van der Waals surface area contributed by atoms with Crippen molar-refractivity contribution in [3.8, 4) is 11.5 Å². The van der Waals surface area contributed by atoms with Gasteiger partial charge in [-0.1, -0.05) is 13.0 Å². The van der Waals surface area contributed by atoms with Crippen molar-refractivity contribution in [3.63, 3.8) is 0 Å². The number of nitrogens with zero attached hydrogens (tertiary/aromatic N) is 1. The smallest absolute Gasteiger partial charge is 0.260 e. The van der Waals surface area contributed by atoms with E-state index in [4.69, 9.17) is 15.2 Å². The summed E-state index contributed by atoms with van der Waals surface area (Å²) in [5.41, 5.74) is 6.89. The molecule has 1 amide bonds. The van der Waals surface area contributed by atoms with Crippen molar-refractivity contribution in [1.82, 2.24) is 4.90 Å². The van der Waals surface area contributed by atoms with Gasteiger partial charge in [0.05, 0.1) is 7.11 Å². The van der Waals surface area contributed by atoms with E-state index in [1.54, 1.807) is 7.11 Å². The first-order chi connectivity index (χ1) is 9.97. The number of rotatable bonds is 5. The Balaban J connectivity index is 0.00000242. The van der Waals surface area contributed by atoms with Crippen molar-refractivity contribution >= 4 is 18.3 Å². The highest BCUT2D eigenvalue weighted by atomic mass is 35.5. The molecule has 2 N–H and O–H groups in total. The highest BCUT2D eigenvalue weighted by Gasteiger charge is 2.34. The molecular formula is C16H25ClN2O3. The van der Waals surface area contributed by atoms with Gasteiger partial charge in [0.1, 0.15) is 0 Å². The number of halogens is 1. The summed E-state index contributed by atoms with van der Waals surface area (Å²) >= 11 is 0. The van der Waals surface area contributed by atoms with Gasteiger partial charge in [-0.25, -0.2) is 0 Å². The van der Waals surface area contributed by atoms with Crippen LogP contribution < -0.4 is 15.2 Å². The van der Waals surface area contributed by atoms with Gasteiger partial charge < -0.3 is 20.1 Å². The Labute approximate surface area is 138 Å². The fourth-order valence-corrected chi connectivity index (χ4v) is 2.53. The van der Waals surface area contributed by atoms with Crippen molar-refractivity contribution in [3.05, 3.63) is 23.8 Å². The molecule has 2 rings (SSSR count). The molecule has 0 saturated carbocycles. The molecular weight excluding hydrogens is 304 g/mol. The molecule has 1 aliphatic heterocycles. The predicted molar refractivity (Wildman–Crippen MR) is 88.8 cm³/mol. The average molecular weight is 329 g/mol. The number of likely N-dealkylation sites (tertiary alicyclic amines) is 1. The zero-order valence-corrected chi connectivity index (χ0v) is 14.2. The molecule has 1 unspecified atom stereocenters. The highest BCUT2D eigenvalue weighted by Crippen LogP contribution is 2.30. The lowest BCUT2D eigenvalue weighted by Gasteiger charge is -2.22. The van der Waals surface area contributed by atoms with E-state index in [1.165, 1.54) is 0 Å². The monoisotopic (exact) mass is 328 g/mol. The minimum Gasteiger partial charge on any atom is -0.493 e. The van der Waals surface area contributed by atoms with Crippen LogP contribution in [0.15, 0.2) is 18.2 Å². The van der Waals surface area contributed by atoms with Crippen LogP contribution in [-0.2, 0) is 4.79 Å². The number of methoxy groups -OCH3 is 1. The Hall–Kier alpha value is -1.46. The van der Waals surface area contributed by atoms with Crippen molar-refractivity contribution in [2.24, 2.45) is 11.1 Å². The number of carbonyl (C=O) groups excluding carboxylic acids is 1. The van der Waals surface area contributed by atoms with Crippen LogP contribution in [0.3, 0.4) is 0 Å². The molecule has 0 spiro atoms. The Morgan fingerprint density at radius 2 is 2.14 bits per heavy atom. The minimum absolute atomic E-state index is 0. The number of aryl methyl sites for hydroxylation is 1. The van der Waals surface area contributed by atoms with Crippen LogP contribution in [0.25, 0.3) is 0 Å². The second-order valence-corrected chi connectivity index (χ2v) is 6.02.